The molecule has 0 aliphatic rings. The maximum absolute atomic E-state index is 9.48. The lowest BCUT2D eigenvalue weighted by Gasteiger charge is -2.04. The first-order valence-corrected chi connectivity index (χ1v) is 5.51. The van der Waals surface area contributed by atoms with Crippen LogP contribution in [0.25, 0.3) is 11.1 Å². The summed E-state index contributed by atoms with van der Waals surface area (Å²) in [5, 5.41) is 9.48. The quantitative estimate of drug-likeness (QED) is 0.820. The van der Waals surface area contributed by atoms with Crippen molar-refractivity contribution in [3.05, 3.63) is 52.5 Å². The number of phenols is 1. The molecule has 2 rings (SSSR count). The Balaban J connectivity index is 2.49. The summed E-state index contributed by atoms with van der Waals surface area (Å²) >= 11 is 3.36. The summed E-state index contributed by atoms with van der Waals surface area (Å²) in [7, 11) is 0. The van der Waals surface area contributed by atoms with Gasteiger partial charge in [-0.1, -0.05) is 45.8 Å². The molecule has 0 atom stereocenters. The molecule has 0 unspecified atom stereocenters. The molecule has 76 valence electrons. The average Bonchev–Trinajstić information content (AvgIpc) is 2.17. The summed E-state index contributed by atoms with van der Waals surface area (Å²) in [6, 6.07) is 13.7. The Morgan fingerprint density at radius 1 is 0.933 bits per heavy atom. The summed E-state index contributed by atoms with van der Waals surface area (Å²) in [5.41, 5.74) is 3.36. The van der Waals surface area contributed by atoms with Crippen molar-refractivity contribution in [2.24, 2.45) is 0 Å². The maximum Gasteiger partial charge on any atom is 0.117 e. The van der Waals surface area contributed by atoms with Crippen LogP contribution in [0.5, 0.6) is 5.75 Å². The van der Waals surface area contributed by atoms with Crippen LogP contribution in [0.1, 0.15) is 5.56 Å². The first kappa shape index (κ1) is 10.2. The van der Waals surface area contributed by atoms with Gasteiger partial charge in [-0.2, -0.15) is 0 Å². The van der Waals surface area contributed by atoms with Crippen LogP contribution >= 0.6 is 15.9 Å². The largest absolute Gasteiger partial charge is 0.508 e. The molecule has 0 saturated carbocycles. The smallest absolute Gasteiger partial charge is 0.117 e. The third-order valence-electron chi connectivity index (χ3n) is 2.27. The van der Waals surface area contributed by atoms with E-state index in [0.29, 0.717) is 0 Å². The number of hydrogen-bond donors (Lipinski definition) is 1. The standard InChI is InChI=1S/C13H11BrO/c1-9-2-4-10(5-3-9)11-6-12(14)8-13(15)7-11/h2-8,15H,1H3. The van der Waals surface area contributed by atoms with Crippen molar-refractivity contribution in [2.45, 2.75) is 6.92 Å². The Morgan fingerprint density at radius 3 is 2.20 bits per heavy atom. The van der Waals surface area contributed by atoms with E-state index in [1.165, 1.54) is 5.56 Å². The number of aromatic hydroxyl groups is 1. The molecule has 0 saturated heterocycles. The summed E-state index contributed by atoms with van der Waals surface area (Å²) in [6.45, 7) is 2.06. The molecule has 2 aromatic carbocycles. The first-order valence-electron chi connectivity index (χ1n) is 4.72. The monoisotopic (exact) mass is 262 g/mol. The minimum Gasteiger partial charge on any atom is -0.508 e. The van der Waals surface area contributed by atoms with Crippen molar-refractivity contribution < 1.29 is 5.11 Å². The number of halogens is 1. The van der Waals surface area contributed by atoms with Crippen LogP contribution in [-0.4, -0.2) is 5.11 Å². The Kier molecular flexibility index (Phi) is 2.78. The normalized spacial score (nSPS) is 10.3. The van der Waals surface area contributed by atoms with Gasteiger partial charge in [-0.05, 0) is 36.2 Å². The minimum absolute atomic E-state index is 0.278. The average molecular weight is 263 g/mol. The van der Waals surface area contributed by atoms with Gasteiger partial charge in [0.1, 0.15) is 5.75 Å². The molecule has 15 heavy (non-hydrogen) atoms. The second-order valence-electron chi connectivity index (χ2n) is 3.56. The molecular formula is C13H11BrO. The van der Waals surface area contributed by atoms with Crippen LogP contribution in [0.3, 0.4) is 0 Å². The molecule has 1 N–H and O–H groups in total. The fraction of sp³-hybridized carbons (Fsp3) is 0.0769. The highest BCUT2D eigenvalue weighted by Crippen LogP contribution is 2.28. The van der Waals surface area contributed by atoms with Crippen LogP contribution in [0.15, 0.2) is 46.9 Å². The molecule has 0 spiro atoms. The Morgan fingerprint density at radius 2 is 1.60 bits per heavy atom. The van der Waals surface area contributed by atoms with Gasteiger partial charge in [0, 0.05) is 4.47 Å². The fourth-order valence-corrected chi connectivity index (χ4v) is 1.97. The molecule has 0 heterocycles. The Bertz CT molecular complexity index is 454. The summed E-state index contributed by atoms with van der Waals surface area (Å²) in [5.74, 6) is 0.278. The third kappa shape index (κ3) is 2.39. The van der Waals surface area contributed by atoms with Crippen LogP contribution in [0.4, 0.5) is 0 Å². The van der Waals surface area contributed by atoms with Gasteiger partial charge in [0.2, 0.25) is 0 Å². The number of hydrogen-bond acceptors (Lipinski definition) is 1. The van der Waals surface area contributed by atoms with Gasteiger partial charge in [-0.15, -0.1) is 0 Å². The lowest BCUT2D eigenvalue weighted by atomic mass is 10.0. The van der Waals surface area contributed by atoms with Crippen molar-refractivity contribution in [1.29, 1.82) is 0 Å². The first-order chi connectivity index (χ1) is 7.15. The highest BCUT2D eigenvalue weighted by molar-refractivity contribution is 9.10. The van der Waals surface area contributed by atoms with Crippen molar-refractivity contribution in [1.82, 2.24) is 0 Å². The van der Waals surface area contributed by atoms with Crippen LogP contribution in [0.2, 0.25) is 0 Å². The minimum atomic E-state index is 0.278. The molecule has 2 heteroatoms. The van der Waals surface area contributed by atoms with Crippen molar-refractivity contribution in [2.75, 3.05) is 0 Å². The zero-order chi connectivity index (χ0) is 10.8. The van der Waals surface area contributed by atoms with Crippen molar-refractivity contribution >= 4 is 15.9 Å². The molecular weight excluding hydrogens is 252 g/mol. The zero-order valence-electron chi connectivity index (χ0n) is 8.37. The van der Waals surface area contributed by atoms with E-state index < -0.39 is 0 Å². The van der Waals surface area contributed by atoms with E-state index in [0.717, 1.165) is 15.6 Å². The molecule has 0 amide bonds. The van der Waals surface area contributed by atoms with E-state index in [2.05, 4.69) is 47.1 Å². The molecule has 2 aromatic rings. The summed E-state index contributed by atoms with van der Waals surface area (Å²) in [6.07, 6.45) is 0. The molecule has 0 fully saturated rings. The van der Waals surface area contributed by atoms with Gasteiger partial charge in [0.15, 0.2) is 0 Å². The SMILES string of the molecule is Cc1ccc(-c2cc(O)cc(Br)c2)cc1. The lowest BCUT2D eigenvalue weighted by molar-refractivity contribution is 0.475. The van der Waals surface area contributed by atoms with Crippen LogP contribution in [0, 0.1) is 6.92 Å². The predicted octanol–water partition coefficient (Wildman–Crippen LogP) is 4.13. The van der Waals surface area contributed by atoms with E-state index in [1.54, 1.807) is 12.1 Å². The van der Waals surface area contributed by atoms with Gasteiger partial charge in [-0.25, -0.2) is 0 Å². The number of benzene rings is 2. The van der Waals surface area contributed by atoms with Crippen LogP contribution < -0.4 is 0 Å². The zero-order valence-corrected chi connectivity index (χ0v) is 9.95. The number of aryl methyl sites for hydroxylation is 1. The second kappa shape index (κ2) is 4.07. The lowest BCUT2D eigenvalue weighted by Crippen LogP contribution is -1.79. The second-order valence-corrected chi connectivity index (χ2v) is 4.48. The summed E-state index contributed by atoms with van der Waals surface area (Å²) in [4.78, 5) is 0. The molecule has 0 aliphatic heterocycles. The van der Waals surface area contributed by atoms with Gasteiger partial charge >= 0.3 is 0 Å². The van der Waals surface area contributed by atoms with Crippen molar-refractivity contribution in [3.8, 4) is 16.9 Å². The molecule has 0 aromatic heterocycles. The van der Waals surface area contributed by atoms with Gasteiger partial charge in [-0.3, -0.25) is 0 Å². The molecule has 0 aliphatic carbocycles. The number of phenolic OH excluding ortho intramolecular Hbond substituents is 1. The highest BCUT2D eigenvalue weighted by Gasteiger charge is 2.00. The molecule has 0 radical (unpaired) electrons. The maximum atomic E-state index is 9.48. The number of rotatable bonds is 1. The van der Waals surface area contributed by atoms with Crippen molar-refractivity contribution in [3.63, 3.8) is 0 Å². The van der Waals surface area contributed by atoms with Gasteiger partial charge < -0.3 is 5.11 Å². The van der Waals surface area contributed by atoms with E-state index in [4.69, 9.17) is 0 Å². The van der Waals surface area contributed by atoms with E-state index in [9.17, 15) is 5.11 Å². The highest BCUT2D eigenvalue weighted by atomic mass is 79.9. The predicted molar refractivity (Wildman–Crippen MR) is 66.0 cm³/mol. The molecule has 1 nitrogen and oxygen atoms in total. The topological polar surface area (TPSA) is 20.2 Å². The van der Waals surface area contributed by atoms with E-state index >= 15 is 0 Å². The van der Waals surface area contributed by atoms with E-state index in [-0.39, 0.29) is 5.75 Å². The third-order valence-corrected chi connectivity index (χ3v) is 2.73. The van der Waals surface area contributed by atoms with Gasteiger partial charge in [0.05, 0.1) is 0 Å². The Hall–Kier alpha value is -1.28. The Labute approximate surface area is 97.5 Å². The molecule has 0 bridgehead atoms. The van der Waals surface area contributed by atoms with E-state index in [1.807, 2.05) is 6.07 Å². The van der Waals surface area contributed by atoms with Crippen LogP contribution in [-0.2, 0) is 0 Å². The summed E-state index contributed by atoms with van der Waals surface area (Å²) < 4.78 is 0.887. The fourth-order valence-electron chi connectivity index (χ4n) is 1.49. The van der Waals surface area contributed by atoms with Gasteiger partial charge in [0.25, 0.3) is 0 Å².